The predicted molar refractivity (Wildman–Crippen MR) is 90.7 cm³/mol. The molecule has 2 heterocycles. The van der Waals surface area contributed by atoms with Crippen LogP contribution in [0.15, 0.2) is 28.7 Å². The van der Waals surface area contributed by atoms with Crippen molar-refractivity contribution in [1.29, 1.82) is 5.26 Å². The van der Waals surface area contributed by atoms with Gasteiger partial charge in [0, 0.05) is 25.1 Å². The first-order valence-corrected chi connectivity index (χ1v) is 7.95. The van der Waals surface area contributed by atoms with Crippen LogP contribution < -0.4 is 10.6 Å². The van der Waals surface area contributed by atoms with E-state index in [4.69, 9.17) is 10.2 Å². The summed E-state index contributed by atoms with van der Waals surface area (Å²) in [5.41, 5.74) is 6.34. The zero-order valence-corrected chi connectivity index (χ0v) is 13.5. The molecule has 0 unspecified atom stereocenters. The summed E-state index contributed by atoms with van der Waals surface area (Å²) in [5.74, 6) is -0.0260. The van der Waals surface area contributed by atoms with Gasteiger partial charge in [0.05, 0.1) is 0 Å². The predicted octanol–water partition coefficient (Wildman–Crippen LogP) is 2.56. The van der Waals surface area contributed by atoms with E-state index in [9.17, 15) is 14.4 Å². The molecule has 3 rings (SSSR count). The molecule has 1 fully saturated rings. The number of nitrogens with zero attached hydrogens (tertiary/aromatic N) is 3. The normalized spacial score (nSPS) is 15.4. The fourth-order valence-corrected chi connectivity index (χ4v) is 2.80. The van der Waals surface area contributed by atoms with Crippen LogP contribution in [0.4, 0.5) is 10.3 Å². The number of anilines is 1. The third-order valence-electron chi connectivity index (χ3n) is 4.20. The number of carbonyl (C=O) groups is 1. The molecule has 0 radical (unpaired) electrons. The minimum atomic E-state index is -0.304. The lowest BCUT2D eigenvalue weighted by Crippen LogP contribution is -2.38. The Morgan fingerprint density at radius 1 is 1.32 bits per heavy atom. The molecule has 0 bridgehead atoms. The minimum absolute atomic E-state index is 0.137. The lowest BCUT2D eigenvalue weighted by atomic mass is 9.96. The van der Waals surface area contributed by atoms with Crippen LogP contribution >= 0.6 is 0 Å². The summed E-state index contributed by atoms with van der Waals surface area (Å²) >= 11 is 0. The molecule has 0 atom stereocenters. The number of nitriles is 1. The van der Waals surface area contributed by atoms with Gasteiger partial charge in [-0.25, -0.2) is 4.39 Å². The van der Waals surface area contributed by atoms with Gasteiger partial charge in [0.15, 0.2) is 0 Å². The number of halogens is 1. The van der Waals surface area contributed by atoms with Crippen molar-refractivity contribution in [2.75, 3.05) is 18.0 Å². The largest absolute Gasteiger partial charge is 0.420 e. The van der Waals surface area contributed by atoms with E-state index in [0.29, 0.717) is 37.7 Å². The van der Waals surface area contributed by atoms with Crippen LogP contribution in [-0.2, 0) is 4.79 Å². The first-order chi connectivity index (χ1) is 12.1. The molecular formula is C18H17FN4O2. The Bertz CT molecular complexity index is 828. The van der Waals surface area contributed by atoms with Crippen LogP contribution in [0.5, 0.6) is 0 Å². The third kappa shape index (κ3) is 3.86. The minimum Gasteiger partial charge on any atom is -0.420 e. The van der Waals surface area contributed by atoms with Gasteiger partial charge in [0.2, 0.25) is 23.4 Å². The fraction of sp³-hybridized carbons (Fsp3) is 0.278. The highest BCUT2D eigenvalue weighted by atomic mass is 19.1. The summed E-state index contributed by atoms with van der Waals surface area (Å²) in [6.45, 7) is 1.16. The van der Waals surface area contributed by atoms with Crippen molar-refractivity contribution >= 4 is 23.9 Å². The monoisotopic (exact) mass is 340 g/mol. The molecule has 6 nitrogen and oxygen atoms in total. The summed E-state index contributed by atoms with van der Waals surface area (Å²) in [7, 11) is 0. The maximum Gasteiger partial charge on any atom is 0.235 e. The molecule has 1 aliphatic rings. The highest BCUT2D eigenvalue weighted by Crippen LogP contribution is 2.27. The van der Waals surface area contributed by atoms with Gasteiger partial charge in [-0.2, -0.15) is 10.2 Å². The Kier molecular flexibility index (Phi) is 4.80. The zero-order valence-electron chi connectivity index (χ0n) is 13.5. The van der Waals surface area contributed by atoms with E-state index in [1.807, 2.05) is 11.0 Å². The van der Waals surface area contributed by atoms with Crippen LogP contribution in [0.2, 0.25) is 0 Å². The Morgan fingerprint density at radius 3 is 2.60 bits per heavy atom. The number of piperidine rings is 1. The smallest absolute Gasteiger partial charge is 0.235 e. The maximum atomic E-state index is 12.9. The second-order valence-corrected chi connectivity index (χ2v) is 5.87. The lowest BCUT2D eigenvalue weighted by molar-refractivity contribution is -0.122. The summed E-state index contributed by atoms with van der Waals surface area (Å²) in [6.07, 6.45) is 4.62. The molecule has 1 amide bonds. The molecule has 0 aliphatic carbocycles. The van der Waals surface area contributed by atoms with Gasteiger partial charge in [-0.15, -0.1) is 0 Å². The molecule has 2 N–H and O–H groups in total. The summed E-state index contributed by atoms with van der Waals surface area (Å²) < 4.78 is 18.6. The van der Waals surface area contributed by atoms with Gasteiger partial charge in [-0.1, -0.05) is 12.1 Å². The van der Waals surface area contributed by atoms with Crippen LogP contribution in [0.1, 0.15) is 30.0 Å². The highest BCUT2D eigenvalue weighted by molar-refractivity contribution is 5.77. The summed E-state index contributed by atoms with van der Waals surface area (Å²) in [5, 5.41) is 9.28. The number of hydrogen-bond donors (Lipinski definition) is 1. The molecule has 1 saturated heterocycles. The van der Waals surface area contributed by atoms with Crippen LogP contribution in [0, 0.1) is 23.1 Å². The molecule has 128 valence electrons. The number of amides is 1. The van der Waals surface area contributed by atoms with E-state index >= 15 is 0 Å². The molecule has 1 aromatic heterocycles. The van der Waals surface area contributed by atoms with Gasteiger partial charge >= 0.3 is 0 Å². The zero-order chi connectivity index (χ0) is 17.8. The number of hydrogen-bond acceptors (Lipinski definition) is 5. The summed E-state index contributed by atoms with van der Waals surface area (Å²) in [6, 6.07) is 8.03. The Balaban J connectivity index is 1.75. The maximum absolute atomic E-state index is 12.9. The Morgan fingerprint density at radius 2 is 2.00 bits per heavy atom. The number of nitrogens with two attached hydrogens (primary N) is 1. The molecule has 0 saturated carbocycles. The van der Waals surface area contributed by atoms with E-state index in [0.717, 1.165) is 5.56 Å². The van der Waals surface area contributed by atoms with Gasteiger partial charge in [0.25, 0.3) is 0 Å². The average Bonchev–Trinajstić information content (AvgIpc) is 3.04. The van der Waals surface area contributed by atoms with Crippen molar-refractivity contribution in [3.63, 3.8) is 0 Å². The number of rotatable bonds is 4. The van der Waals surface area contributed by atoms with E-state index < -0.39 is 0 Å². The van der Waals surface area contributed by atoms with Crippen molar-refractivity contribution in [2.24, 2.45) is 11.7 Å². The Hall–Kier alpha value is -3.14. The van der Waals surface area contributed by atoms with Gasteiger partial charge in [-0.05, 0) is 36.6 Å². The fourth-order valence-electron chi connectivity index (χ4n) is 2.80. The standard InChI is InChI=1S/C18H17FN4O2/c19-14-4-1-12(2-5-14)3-6-16-22-15(11-20)18(25-16)23-9-7-13(8-10-23)17(21)24/h1-6,13H,7-10H2,(H2,21,24). The molecule has 1 aliphatic heterocycles. The topological polar surface area (TPSA) is 96.2 Å². The Labute approximate surface area is 144 Å². The third-order valence-corrected chi connectivity index (χ3v) is 4.20. The van der Waals surface area contributed by atoms with Crippen molar-refractivity contribution < 1.29 is 13.6 Å². The molecular weight excluding hydrogens is 323 g/mol. The first-order valence-electron chi connectivity index (χ1n) is 7.95. The van der Waals surface area contributed by atoms with E-state index in [2.05, 4.69) is 4.98 Å². The molecule has 1 aromatic carbocycles. The molecule has 2 aromatic rings. The SMILES string of the molecule is N#Cc1nc(C=Cc2ccc(F)cc2)oc1N1CCC(C(N)=O)CC1. The lowest BCUT2D eigenvalue weighted by Gasteiger charge is -2.30. The number of carbonyl (C=O) groups excluding carboxylic acids is 1. The van der Waals surface area contributed by atoms with Gasteiger partial charge in [-0.3, -0.25) is 4.79 Å². The molecule has 0 spiro atoms. The molecule has 7 heteroatoms. The first kappa shape index (κ1) is 16.7. The van der Waals surface area contributed by atoms with E-state index in [-0.39, 0.29) is 23.3 Å². The van der Waals surface area contributed by atoms with Crippen molar-refractivity contribution in [3.05, 3.63) is 47.2 Å². The summed E-state index contributed by atoms with van der Waals surface area (Å²) in [4.78, 5) is 17.3. The van der Waals surface area contributed by atoms with Crippen molar-refractivity contribution in [3.8, 4) is 6.07 Å². The van der Waals surface area contributed by atoms with Gasteiger partial charge in [0.1, 0.15) is 11.9 Å². The number of aromatic nitrogens is 1. The van der Waals surface area contributed by atoms with E-state index in [1.54, 1.807) is 24.3 Å². The number of oxazole rings is 1. The second kappa shape index (κ2) is 7.18. The van der Waals surface area contributed by atoms with Crippen LogP contribution in [0.25, 0.3) is 12.2 Å². The van der Waals surface area contributed by atoms with Gasteiger partial charge < -0.3 is 15.1 Å². The average molecular weight is 340 g/mol. The quantitative estimate of drug-likeness (QED) is 0.923. The van der Waals surface area contributed by atoms with Crippen molar-refractivity contribution in [1.82, 2.24) is 4.98 Å². The van der Waals surface area contributed by atoms with Crippen LogP contribution in [-0.4, -0.2) is 24.0 Å². The van der Waals surface area contributed by atoms with Crippen LogP contribution in [0.3, 0.4) is 0 Å². The number of primary amides is 1. The van der Waals surface area contributed by atoms with Crippen molar-refractivity contribution in [2.45, 2.75) is 12.8 Å². The van der Waals surface area contributed by atoms with E-state index in [1.165, 1.54) is 12.1 Å². The highest BCUT2D eigenvalue weighted by Gasteiger charge is 2.27. The number of benzene rings is 1. The molecule has 25 heavy (non-hydrogen) atoms. The second-order valence-electron chi connectivity index (χ2n) is 5.87.